The predicted octanol–water partition coefficient (Wildman–Crippen LogP) is 9.11. The number of nitrogens with zero attached hydrogens (tertiary/aromatic N) is 6. The van der Waals surface area contributed by atoms with E-state index in [0.717, 1.165) is 52.7 Å². The topological polar surface area (TPSA) is 181 Å². The molecule has 0 unspecified atom stereocenters. The number of benzene rings is 6. The molecule has 4 heterocycles. The van der Waals surface area contributed by atoms with Gasteiger partial charge >= 0.3 is 0 Å². The summed E-state index contributed by atoms with van der Waals surface area (Å²) < 4.78 is 84.2. The van der Waals surface area contributed by atoms with E-state index in [-0.39, 0.29) is 70.2 Å². The van der Waals surface area contributed by atoms with Gasteiger partial charge in [-0.25, -0.2) is 19.2 Å². The minimum Gasteiger partial charge on any atom is -0.282 e. The van der Waals surface area contributed by atoms with Gasteiger partial charge in [0.2, 0.25) is 0 Å². The van der Waals surface area contributed by atoms with Crippen molar-refractivity contribution in [3.05, 3.63) is 144 Å². The zero-order valence-electron chi connectivity index (χ0n) is 33.4. The quantitative estimate of drug-likeness (QED) is 0.0763. The maximum absolute atomic E-state index is 12.6. The number of rotatable bonds is 10. The Morgan fingerprint density at radius 1 is 0.500 bits per heavy atom. The van der Waals surface area contributed by atoms with Crippen LogP contribution >= 0.6 is 22.7 Å². The number of fused-ring (bicyclic) bond motifs is 2. The summed E-state index contributed by atoms with van der Waals surface area (Å²) in [5, 5.41) is 1.75. The Morgan fingerprint density at radius 3 is 1.23 bits per heavy atom. The summed E-state index contributed by atoms with van der Waals surface area (Å²) >= 11 is 3.20. The van der Waals surface area contributed by atoms with E-state index in [9.17, 15) is 25.9 Å². The maximum atomic E-state index is 12.6. The van der Waals surface area contributed by atoms with Crippen molar-refractivity contribution in [1.82, 2.24) is 29.4 Å². The van der Waals surface area contributed by atoms with E-state index in [1.54, 1.807) is 34.8 Å². The summed E-state index contributed by atoms with van der Waals surface area (Å²) in [5.74, 6) is 0. The molecule has 4 aromatic heterocycles. The average molecular weight is 921 g/mol. The Labute approximate surface area is 406 Å². The van der Waals surface area contributed by atoms with Crippen LogP contribution in [0.5, 0.6) is 0 Å². The monoisotopic (exact) mass is 920 g/mol. The van der Waals surface area contributed by atoms with Gasteiger partial charge in [0.25, 0.3) is 20.2 Å². The van der Waals surface area contributed by atoms with Crippen LogP contribution in [0.1, 0.15) is 22.3 Å². The van der Waals surface area contributed by atoms with E-state index in [0.29, 0.717) is 22.7 Å². The molecular formula is C42H30N6Na2O8S4. The van der Waals surface area contributed by atoms with Crippen LogP contribution in [0.3, 0.4) is 0 Å². The van der Waals surface area contributed by atoms with Crippen LogP contribution < -0.4 is 0 Å². The van der Waals surface area contributed by atoms with Gasteiger partial charge in [-0.15, -0.1) is 22.7 Å². The van der Waals surface area contributed by atoms with E-state index in [2.05, 4.69) is 12.1 Å². The molecule has 0 aliphatic carbocycles. The first-order valence-electron chi connectivity index (χ1n) is 18.2. The first-order chi connectivity index (χ1) is 28.7. The fraction of sp³-hybridized carbons (Fsp3) is 0.0476. The molecule has 0 saturated carbocycles. The SMILES string of the molecule is Cc1ccc2nc(-c3ccc(-n4on4-c4ccc(C=Cc5ccc(-n6on6-c6ccc(-c7nc8ccc(C)cc8s7)cc6)cc5S(=O)(=O)O)c(S(=O)(=O)O)c4)cc3)sc2c1.[Na].[Na]. The van der Waals surface area contributed by atoms with E-state index in [1.807, 2.05) is 86.6 Å². The third kappa shape index (κ3) is 8.83. The van der Waals surface area contributed by atoms with Crippen LogP contribution in [0, 0.1) is 13.8 Å². The third-order valence-corrected chi connectivity index (χ3v) is 13.7. The largest absolute Gasteiger partial charge is 0.295 e. The van der Waals surface area contributed by atoms with Crippen molar-refractivity contribution in [3.8, 4) is 43.9 Å². The fourth-order valence-electron chi connectivity index (χ4n) is 6.68. The molecule has 2 N–H and O–H groups in total. The molecule has 10 aromatic rings. The van der Waals surface area contributed by atoms with Crippen LogP contribution in [-0.2, 0) is 20.2 Å². The van der Waals surface area contributed by atoms with Crippen molar-refractivity contribution < 1.29 is 35.2 Å². The molecule has 62 heavy (non-hydrogen) atoms. The normalized spacial score (nSPS) is 12.1. The van der Waals surface area contributed by atoms with E-state index in [1.165, 1.54) is 55.8 Å². The summed E-state index contributed by atoms with van der Waals surface area (Å²) in [6.45, 7) is 4.08. The molecule has 0 atom stereocenters. The Kier molecular flexibility index (Phi) is 12.0. The molecule has 0 aliphatic heterocycles. The van der Waals surface area contributed by atoms with Crippen LogP contribution in [-0.4, -0.2) is 114 Å². The van der Waals surface area contributed by atoms with Crippen molar-refractivity contribution in [2.45, 2.75) is 23.6 Å². The van der Waals surface area contributed by atoms with Crippen molar-refractivity contribution in [1.29, 1.82) is 0 Å². The maximum Gasteiger partial charge on any atom is 0.295 e. The molecule has 302 valence electrons. The van der Waals surface area contributed by atoms with Gasteiger partial charge in [-0.3, -0.25) is 9.11 Å². The second kappa shape index (κ2) is 16.9. The van der Waals surface area contributed by atoms with Gasteiger partial charge in [-0.1, -0.05) is 55.8 Å². The second-order valence-corrected chi connectivity index (χ2v) is 18.9. The average Bonchev–Trinajstić information content (AvgIpc) is 4.12. The molecule has 0 fully saturated rings. The molecule has 10 rings (SSSR count). The van der Waals surface area contributed by atoms with Gasteiger partial charge in [0.15, 0.2) is 0 Å². The fourth-order valence-corrected chi connectivity index (χ4v) is 10.2. The molecular weight excluding hydrogens is 891 g/mol. The molecule has 14 nitrogen and oxygen atoms in total. The molecule has 2 radical (unpaired) electrons. The Morgan fingerprint density at radius 2 is 0.855 bits per heavy atom. The van der Waals surface area contributed by atoms with E-state index < -0.39 is 30.0 Å². The summed E-state index contributed by atoms with van der Waals surface area (Å²) in [4.78, 5) is 14.2. The third-order valence-electron chi connectivity index (χ3n) is 9.78. The predicted molar refractivity (Wildman–Crippen MR) is 241 cm³/mol. The van der Waals surface area contributed by atoms with Crippen molar-refractivity contribution in [2.75, 3.05) is 0 Å². The summed E-state index contributed by atoms with van der Waals surface area (Å²) in [6, 6.07) is 35.8. The van der Waals surface area contributed by atoms with Crippen LogP contribution in [0.25, 0.3) is 76.5 Å². The Hall–Kier alpha value is -4.54. The number of hydrogen-bond acceptors (Lipinski definition) is 10. The van der Waals surface area contributed by atoms with Crippen molar-refractivity contribution in [2.24, 2.45) is 0 Å². The minimum absolute atomic E-state index is 0. The van der Waals surface area contributed by atoms with Gasteiger partial charge in [-0.05, 0) is 133 Å². The zero-order chi connectivity index (χ0) is 41.5. The molecule has 0 spiro atoms. The van der Waals surface area contributed by atoms with E-state index >= 15 is 0 Å². The van der Waals surface area contributed by atoms with Gasteiger partial charge in [0, 0.05) is 70.2 Å². The summed E-state index contributed by atoms with van der Waals surface area (Å²) in [6.07, 6.45) is 2.65. The molecule has 6 aromatic carbocycles. The summed E-state index contributed by atoms with van der Waals surface area (Å²) in [5.41, 5.74) is 8.10. The number of aromatic nitrogens is 6. The Bertz CT molecular complexity index is 3300. The number of hydrogen-bond donors (Lipinski definition) is 2. The molecule has 0 bridgehead atoms. The molecule has 0 aliphatic rings. The standard InChI is InChI=1S/C42H30N6O8S4.2Na/c1-25-3-19-35-37(21-25)57-41(43-35)29-9-13-31(14-10-29)45-47(55-45)33-17-7-27(39(23-33)59(49,50)51)5-6-28-8-18-34(24-40(28)60(52,53)54)48-46(56-48)32-15-11-30(12-16-32)42-44-36-20-4-26(2)22-38(36)58-42;;/h3-24H,1-2H3,(H,49,50,51)(H,52,53,54);;. The van der Waals surface area contributed by atoms with Crippen LogP contribution in [0.4, 0.5) is 0 Å². The number of aryl methyl sites for hydroxylation is 2. The van der Waals surface area contributed by atoms with Gasteiger partial charge in [0.05, 0.1) is 20.4 Å². The van der Waals surface area contributed by atoms with Gasteiger partial charge in [0.1, 0.15) is 42.6 Å². The first kappa shape index (κ1) is 44.1. The second-order valence-electron chi connectivity index (χ2n) is 14.1. The van der Waals surface area contributed by atoms with Crippen LogP contribution in [0.15, 0.2) is 140 Å². The van der Waals surface area contributed by atoms with Crippen molar-refractivity contribution >= 4 is 135 Å². The molecule has 0 amide bonds. The molecule has 20 heteroatoms. The minimum atomic E-state index is -4.76. The van der Waals surface area contributed by atoms with Crippen LogP contribution in [0.2, 0.25) is 0 Å². The molecule has 0 saturated heterocycles. The van der Waals surface area contributed by atoms with Gasteiger partial charge in [-0.2, -0.15) is 16.8 Å². The van der Waals surface area contributed by atoms with Crippen molar-refractivity contribution in [3.63, 3.8) is 0 Å². The smallest absolute Gasteiger partial charge is 0.282 e. The van der Waals surface area contributed by atoms with Gasteiger partial charge < -0.3 is 0 Å². The zero-order valence-corrected chi connectivity index (χ0v) is 40.6. The Balaban J connectivity index is 0.00000264. The first-order valence-corrected chi connectivity index (χ1v) is 22.7. The van der Waals surface area contributed by atoms with E-state index in [4.69, 9.17) is 19.2 Å². The summed E-state index contributed by atoms with van der Waals surface area (Å²) in [7, 11) is -9.53. The number of thiazole rings is 2.